The average molecular weight is 567 g/mol. The molecule has 7 heteroatoms. The fourth-order valence-corrected chi connectivity index (χ4v) is 12.3. The topological polar surface area (TPSA) is 44.8 Å². The summed E-state index contributed by atoms with van der Waals surface area (Å²) in [4.78, 5) is 14.2. The van der Waals surface area contributed by atoms with Gasteiger partial charge >= 0.3 is 0 Å². The van der Waals surface area contributed by atoms with Gasteiger partial charge in [-0.15, -0.1) is 0 Å². The van der Waals surface area contributed by atoms with Crippen LogP contribution in [0.5, 0.6) is 0 Å². The zero-order valence-electron chi connectivity index (χ0n) is 26.0. The van der Waals surface area contributed by atoms with E-state index in [-0.39, 0.29) is 22.9 Å². The minimum atomic E-state index is -1.74. The highest BCUT2D eigenvalue weighted by Gasteiger charge is 2.64. The Bertz CT molecular complexity index is 843. The highest BCUT2D eigenvalue weighted by atomic mass is 28.4. The number of rotatable bonds is 8. The fraction of sp³-hybridized carbons (Fsp3) is 0.967. The van der Waals surface area contributed by atoms with Crippen LogP contribution in [0.25, 0.3) is 0 Å². The van der Waals surface area contributed by atoms with Crippen LogP contribution in [0.15, 0.2) is 0 Å². The van der Waals surface area contributed by atoms with E-state index in [2.05, 4.69) is 72.8 Å². The third-order valence-corrected chi connectivity index (χ3v) is 13.6. The lowest BCUT2D eigenvalue weighted by Crippen LogP contribution is -2.59. The molecule has 0 N–H and O–H groups in total. The predicted octanol–water partition coefficient (Wildman–Crippen LogP) is 8.12. The van der Waals surface area contributed by atoms with E-state index in [0.717, 1.165) is 19.3 Å². The standard InChI is InChI=1S/C30H58O4Si3/c1-29-17-16-22(33-36(6,7)8)18-21(29)12-13-23-24-14-15-25(30(24,2)19-26(31)28(23)29)27(34-37(9,10)11)20-32-35(3,4)5/h21-25,27-28H,12-20H2,1-11H3/t21-,22-,23+,24+,25-,27-,28-,29+,30+/m1/s1. The maximum absolute atomic E-state index is 14.2. The molecule has 4 saturated carbocycles. The second-order valence-electron chi connectivity index (χ2n) is 16.7. The molecule has 0 bridgehead atoms. The maximum atomic E-state index is 14.2. The monoisotopic (exact) mass is 566 g/mol. The summed E-state index contributed by atoms with van der Waals surface area (Å²) in [5.41, 5.74) is 0.209. The Morgan fingerprint density at radius 1 is 0.838 bits per heavy atom. The van der Waals surface area contributed by atoms with Crippen molar-refractivity contribution in [1.82, 2.24) is 0 Å². The molecule has 0 aromatic carbocycles. The Kier molecular flexibility index (Phi) is 8.34. The number of carbonyl (C=O) groups excluding carboxylic acids is 1. The van der Waals surface area contributed by atoms with Crippen LogP contribution >= 0.6 is 0 Å². The van der Waals surface area contributed by atoms with E-state index in [0.29, 0.717) is 42.2 Å². The van der Waals surface area contributed by atoms with Gasteiger partial charge in [-0.1, -0.05) is 13.8 Å². The summed E-state index contributed by atoms with van der Waals surface area (Å²) in [7, 11) is -4.93. The van der Waals surface area contributed by atoms with Gasteiger partial charge in [0.25, 0.3) is 0 Å². The lowest BCUT2D eigenvalue weighted by Gasteiger charge is -2.60. The molecule has 0 spiro atoms. The van der Waals surface area contributed by atoms with Gasteiger partial charge in [0.2, 0.25) is 0 Å². The maximum Gasteiger partial charge on any atom is 0.184 e. The molecule has 9 atom stereocenters. The van der Waals surface area contributed by atoms with E-state index in [1.165, 1.54) is 32.1 Å². The van der Waals surface area contributed by atoms with Gasteiger partial charge in [0.15, 0.2) is 25.0 Å². The molecule has 214 valence electrons. The molecular weight excluding hydrogens is 509 g/mol. The average Bonchev–Trinajstić information content (AvgIpc) is 3.05. The van der Waals surface area contributed by atoms with Crippen molar-refractivity contribution in [1.29, 1.82) is 0 Å². The second kappa shape index (κ2) is 10.2. The predicted molar refractivity (Wildman–Crippen MR) is 161 cm³/mol. The van der Waals surface area contributed by atoms with Gasteiger partial charge in [0, 0.05) is 18.4 Å². The Morgan fingerprint density at radius 3 is 2.11 bits per heavy atom. The first-order valence-corrected chi connectivity index (χ1v) is 25.6. The van der Waals surface area contributed by atoms with Crippen molar-refractivity contribution in [2.24, 2.45) is 40.4 Å². The van der Waals surface area contributed by atoms with Crippen LogP contribution in [-0.4, -0.2) is 49.6 Å². The van der Waals surface area contributed by atoms with Gasteiger partial charge in [0.1, 0.15) is 5.78 Å². The van der Waals surface area contributed by atoms with E-state index in [1.54, 1.807) is 0 Å². The quantitative estimate of drug-likeness (QED) is 0.278. The molecule has 37 heavy (non-hydrogen) atoms. The minimum Gasteiger partial charge on any atom is -0.415 e. The number of ketones is 1. The van der Waals surface area contributed by atoms with Crippen LogP contribution in [0.1, 0.15) is 65.2 Å². The summed E-state index contributed by atoms with van der Waals surface area (Å²) in [6, 6.07) is 0. The highest BCUT2D eigenvalue weighted by Crippen LogP contribution is 2.67. The summed E-state index contributed by atoms with van der Waals surface area (Å²) in [5, 5.41) is 0. The van der Waals surface area contributed by atoms with Gasteiger partial charge in [-0.25, -0.2) is 0 Å². The lowest BCUT2D eigenvalue weighted by molar-refractivity contribution is -0.163. The summed E-state index contributed by atoms with van der Waals surface area (Å²) in [6.07, 6.45) is 9.71. The van der Waals surface area contributed by atoms with Crippen LogP contribution in [0.4, 0.5) is 0 Å². The van der Waals surface area contributed by atoms with Crippen LogP contribution in [0, 0.1) is 40.4 Å². The SMILES string of the molecule is C[C@]12CC[C@@H](O[Si](C)(C)C)C[C@H]1CC[C@H]1[C@@H]3CC[C@H]([C@@H](CO[Si](C)(C)C)O[Si](C)(C)C)[C@@]3(C)CC(=O)[C@@H]12. The molecule has 0 aliphatic heterocycles. The zero-order chi connectivity index (χ0) is 27.6. The number of carbonyl (C=O) groups is 1. The zero-order valence-corrected chi connectivity index (χ0v) is 29.0. The summed E-state index contributed by atoms with van der Waals surface area (Å²) < 4.78 is 19.9. The molecular formula is C30H58O4Si3. The summed E-state index contributed by atoms with van der Waals surface area (Å²) in [5.74, 6) is 3.10. The molecule has 4 fully saturated rings. The fourth-order valence-electron chi connectivity index (χ4n) is 9.31. The molecule has 4 aliphatic rings. The number of hydrogen-bond donors (Lipinski definition) is 0. The van der Waals surface area contributed by atoms with E-state index in [9.17, 15) is 4.79 Å². The van der Waals surface area contributed by atoms with Crippen molar-refractivity contribution < 1.29 is 18.1 Å². The van der Waals surface area contributed by atoms with Gasteiger partial charge in [-0.2, -0.15) is 0 Å². The largest absolute Gasteiger partial charge is 0.415 e. The Hall–Kier alpha value is 0.201. The first kappa shape index (κ1) is 30.2. The van der Waals surface area contributed by atoms with Crippen molar-refractivity contribution in [2.75, 3.05) is 6.61 Å². The molecule has 4 aliphatic carbocycles. The minimum absolute atomic E-state index is 0.0483. The summed E-state index contributed by atoms with van der Waals surface area (Å²) >= 11 is 0. The highest BCUT2D eigenvalue weighted by molar-refractivity contribution is 6.70. The molecule has 0 unspecified atom stereocenters. The number of fused-ring (bicyclic) bond motifs is 5. The van der Waals surface area contributed by atoms with Gasteiger partial charge < -0.3 is 13.3 Å². The van der Waals surface area contributed by atoms with Crippen LogP contribution < -0.4 is 0 Å². The van der Waals surface area contributed by atoms with Crippen molar-refractivity contribution in [3.63, 3.8) is 0 Å². The molecule has 0 heterocycles. The van der Waals surface area contributed by atoms with E-state index >= 15 is 0 Å². The van der Waals surface area contributed by atoms with Crippen LogP contribution in [-0.2, 0) is 18.1 Å². The van der Waals surface area contributed by atoms with Crippen LogP contribution in [0.3, 0.4) is 0 Å². The van der Waals surface area contributed by atoms with E-state index in [4.69, 9.17) is 13.3 Å². The number of Topliss-reactive ketones (excluding diaryl/α,β-unsaturated/α-hetero) is 1. The van der Waals surface area contributed by atoms with Gasteiger partial charge in [0.05, 0.1) is 12.7 Å². The molecule has 0 aromatic heterocycles. The first-order valence-electron chi connectivity index (χ1n) is 15.3. The van der Waals surface area contributed by atoms with Crippen molar-refractivity contribution >= 4 is 30.7 Å². The van der Waals surface area contributed by atoms with Crippen molar-refractivity contribution in [2.45, 2.75) is 136 Å². The molecule has 0 saturated heterocycles. The van der Waals surface area contributed by atoms with Crippen molar-refractivity contribution in [3.8, 4) is 0 Å². The van der Waals surface area contributed by atoms with E-state index in [1.807, 2.05) is 0 Å². The number of hydrogen-bond acceptors (Lipinski definition) is 4. The third kappa shape index (κ3) is 6.42. The molecule has 0 amide bonds. The normalized spacial score (nSPS) is 41.6. The van der Waals surface area contributed by atoms with Gasteiger partial charge in [-0.3, -0.25) is 4.79 Å². The van der Waals surface area contributed by atoms with E-state index < -0.39 is 25.0 Å². The molecule has 0 radical (unpaired) electrons. The molecule has 0 aromatic rings. The molecule has 4 nitrogen and oxygen atoms in total. The third-order valence-electron chi connectivity index (χ3n) is 10.5. The Balaban J connectivity index is 1.55. The Morgan fingerprint density at radius 2 is 1.51 bits per heavy atom. The smallest absolute Gasteiger partial charge is 0.184 e. The van der Waals surface area contributed by atoms with Gasteiger partial charge in [-0.05, 0) is 138 Å². The lowest BCUT2D eigenvalue weighted by atomic mass is 9.44. The summed E-state index contributed by atoms with van der Waals surface area (Å²) in [6.45, 7) is 26.3. The second-order valence-corrected chi connectivity index (χ2v) is 30.1. The Labute approximate surface area is 231 Å². The first-order chi connectivity index (χ1) is 16.8. The van der Waals surface area contributed by atoms with Crippen molar-refractivity contribution in [3.05, 3.63) is 0 Å². The molecule has 4 rings (SSSR count). The van der Waals surface area contributed by atoms with Crippen LogP contribution in [0.2, 0.25) is 58.9 Å².